The lowest BCUT2D eigenvalue weighted by Crippen LogP contribution is -2.20. The van der Waals surface area contributed by atoms with Crippen LogP contribution in [0.15, 0.2) is 29.8 Å². The van der Waals surface area contributed by atoms with Crippen LogP contribution in [0, 0.1) is 5.82 Å². The van der Waals surface area contributed by atoms with E-state index in [4.69, 9.17) is 4.74 Å². The smallest absolute Gasteiger partial charge is 0.336 e. The molecule has 0 aliphatic carbocycles. The van der Waals surface area contributed by atoms with E-state index in [1.165, 1.54) is 12.1 Å². The highest BCUT2D eigenvalue weighted by molar-refractivity contribution is 5.94. The van der Waals surface area contributed by atoms with E-state index in [9.17, 15) is 14.3 Å². The van der Waals surface area contributed by atoms with Crippen molar-refractivity contribution in [2.24, 2.45) is 0 Å². The molecule has 1 rings (SSSR count). The van der Waals surface area contributed by atoms with Gasteiger partial charge in [0.2, 0.25) is 0 Å². The van der Waals surface area contributed by atoms with Crippen LogP contribution in [0.3, 0.4) is 0 Å². The monoisotopic (exact) mass is 294 g/mol. The summed E-state index contributed by atoms with van der Waals surface area (Å²) in [7, 11) is 0. The van der Waals surface area contributed by atoms with Gasteiger partial charge in [0.15, 0.2) is 0 Å². The molecule has 0 radical (unpaired) electrons. The van der Waals surface area contributed by atoms with Crippen LogP contribution in [0.4, 0.5) is 4.39 Å². The largest absolute Gasteiger partial charge is 0.463 e. The predicted molar refractivity (Wildman–Crippen MR) is 81.2 cm³/mol. The van der Waals surface area contributed by atoms with Crippen LogP contribution >= 0.6 is 0 Å². The molecule has 0 heterocycles. The van der Waals surface area contributed by atoms with Gasteiger partial charge in [0.25, 0.3) is 0 Å². The Morgan fingerprint density at radius 1 is 1.29 bits per heavy atom. The Kier molecular flexibility index (Phi) is 7.69. The fraction of sp³-hybridized carbons (Fsp3) is 0.471. The molecule has 0 spiro atoms. The van der Waals surface area contributed by atoms with Gasteiger partial charge in [-0.2, -0.15) is 0 Å². The second kappa shape index (κ2) is 9.29. The van der Waals surface area contributed by atoms with Crippen molar-refractivity contribution in [2.45, 2.75) is 45.6 Å². The number of carbonyl (C=O) groups is 1. The van der Waals surface area contributed by atoms with Gasteiger partial charge in [-0.1, -0.05) is 38.3 Å². The zero-order chi connectivity index (χ0) is 15.7. The first kappa shape index (κ1) is 17.4. The number of aliphatic hydroxyl groups excluding tert-OH is 1. The number of hydrogen-bond acceptors (Lipinski definition) is 3. The molecule has 1 aromatic carbocycles. The first-order valence-electron chi connectivity index (χ1n) is 7.40. The van der Waals surface area contributed by atoms with Crippen LogP contribution < -0.4 is 0 Å². The molecular formula is C17H23FO3. The number of aliphatic hydroxyl groups is 1. The molecule has 0 saturated carbocycles. The zero-order valence-corrected chi connectivity index (χ0v) is 12.6. The highest BCUT2D eigenvalue weighted by atomic mass is 19.1. The standard InChI is InChI=1S/C17H23FO3/c1-3-5-6-7-16(19)15(17(20)21-4-2)12-13-8-10-14(18)11-9-13/h8-12,16,19H,3-7H2,1-2H3/b15-12-. The van der Waals surface area contributed by atoms with Crippen LogP contribution in [-0.4, -0.2) is 23.8 Å². The van der Waals surface area contributed by atoms with Crippen molar-refractivity contribution in [3.63, 3.8) is 0 Å². The molecule has 0 bridgehead atoms. The third kappa shape index (κ3) is 6.08. The van der Waals surface area contributed by atoms with Gasteiger partial charge in [0.1, 0.15) is 5.82 Å². The molecule has 3 nitrogen and oxygen atoms in total. The number of benzene rings is 1. The summed E-state index contributed by atoms with van der Waals surface area (Å²) in [6.45, 7) is 4.05. The van der Waals surface area contributed by atoms with Crippen molar-refractivity contribution in [1.82, 2.24) is 0 Å². The van der Waals surface area contributed by atoms with Crippen LogP contribution in [0.2, 0.25) is 0 Å². The Labute approximate surface area is 125 Å². The Morgan fingerprint density at radius 3 is 2.52 bits per heavy atom. The van der Waals surface area contributed by atoms with Crippen LogP contribution in [0.5, 0.6) is 0 Å². The van der Waals surface area contributed by atoms with E-state index in [0.29, 0.717) is 12.0 Å². The van der Waals surface area contributed by atoms with Crippen LogP contribution in [0.1, 0.15) is 45.1 Å². The van der Waals surface area contributed by atoms with Gasteiger partial charge < -0.3 is 9.84 Å². The number of ether oxygens (including phenoxy) is 1. The van der Waals surface area contributed by atoms with Gasteiger partial charge in [0, 0.05) is 0 Å². The molecule has 0 fully saturated rings. The summed E-state index contributed by atoms with van der Waals surface area (Å²) in [4.78, 5) is 12.0. The number of esters is 1. The van der Waals surface area contributed by atoms with Gasteiger partial charge in [-0.3, -0.25) is 0 Å². The topological polar surface area (TPSA) is 46.5 Å². The van der Waals surface area contributed by atoms with Crippen molar-refractivity contribution in [2.75, 3.05) is 6.61 Å². The minimum absolute atomic E-state index is 0.222. The first-order chi connectivity index (χ1) is 10.1. The highest BCUT2D eigenvalue weighted by Gasteiger charge is 2.19. The van der Waals surface area contributed by atoms with Crippen LogP contribution in [0.25, 0.3) is 6.08 Å². The first-order valence-corrected chi connectivity index (χ1v) is 7.40. The summed E-state index contributed by atoms with van der Waals surface area (Å²) in [5, 5.41) is 10.2. The lowest BCUT2D eigenvalue weighted by atomic mass is 10.0. The molecule has 0 aromatic heterocycles. The Bertz CT molecular complexity index is 465. The normalized spacial score (nSPS) is 13.0. The van der Waals surface area contributed by atoms with Gasteiger partial charge in [0.05, 0.1) is 18.3 Å². The number of rotatable bonds is 8. The van der Waals surface area contributed by atoms with E-state index in [1.807, 2.05) is 0 Å². The maximum atomic E-state index is 12.9. The van der Waals surface area contributed by atoms with Crippen molar-refractivity contribution in [3.8, 4) is 0 Å². The van der Waals surface area contributed by atoms with Crippen molar-refractivity contribution in [3.05, 3.63) is 41.2 Å². The summed E-state index contributed by atoms with van der Waals surface area (Å²) in [6.07, 6.45) is 4.11. The number of unbranched alkanes of at least 4 members (excludes halogenated alkanes) is 2. The van der Waals surface area contributed by atoms with E-state index >= 15 is 0 Å². The Balaban J connectivity index is 2.90. The molecule has 1 N–H and O–H groups in total. The highest BCUT2D eigenvalue weighted by Crippen LogP contribution is 2.17. The predicted octanol–water partition coefficient (Wildman–Crippen LogP) is 3.71. The van der Waals surface area contributed by atoms with E-state index in [-0.39, 0.29) is 18.0 Å². The lowest BCUT2D eigenvalue weighted by Gasteiger charge is -2.14. The molecule has 1 aromatic rings. The SMILES string of the molecule is CCCCCC(O)/C(=C/c1ccc(F)cc1)C(=O)OCC. The minimum Gasteiger partial charge on any atom is -0.463 e. The molecule has 21 heavy (non-hydrogen) atoms. The number of hydrogen-bond donors (Lipinski definition) is 1. The molecule has 116 valence electrons. The van der Waals surface area contributed by atoms with E-state index in [2.05, 4.69) is 6.92 Å². The van der Waals surface area contributed by atoms with Crippen molar-refractivity contribution >= 4 is 12.0 Å². The zero-order valence-electron chi connectivity index (χ0n) is 12.6. The molecule has 1 atom stereocenters. The van der Waals surface area contributed by atoms with Gasteiger partial charge >= 0.3 is 5.97 Å². The fourth-order valence-corrected chi connectivity index (χ4v) is 1.99. The molecule has 0 aliphatic rings. The third-order valence-electron chi connectivity index (χ3n) is 3.14. The second-order valence-corrected chi connectivity index (χ2v) is 4.88. The van der Waals surface area contributed by atoms with Crippen LogP contribution in [-0.2, 0) is 9.53 Å². The summed E-state index contributed by atoms with van der Waals surface area (Å²) in [5.41, 5.74) is 0.883. The van der Waals surface area contributed by atoms with Crippen molar-refractivity contribution < 1.29 is 19.0 Å². The Hall–Kier alpha value is -1.68. The molecule has 4 heteroatoms. The van der Waals surface area contributed by atoms with E-state index in [1.54, 1.807) is 25.1 Å². The number of halogens is 1. The maximum Gasteiger partial charge on any atom is 0.336 e. The minimum atomic E-state index is -0.861. The summed E-state index contributed by atoms with van der Waals surface area (Å²) < 4.78 is 17.9. The number of carbonyl (C=O) groups excluding carboxylic acids is 1. The lowest BCUT2D eigenvalue weighted by molar-refractivity contribution is -0.139. The molecular weight excluding hydrogens is 271 g/mol. The molecule has 1 unspecified atom stereocenters. The second-order valence-electron chi connectivity index (χ2n) is 4.88. The van der Waals surface area contributed by atoms with E-state index in [0.717, 1.165) is 19.3 Å². The van der Waals surface area contributed by atoms with Crippen molar-refractivity contribution in [1.29, 1.82) is 0 Å². The summed E-state index contributed by atoms with van der Waals surface area (Å²) >= 11 is 0. The van der Waals surface area contributed by atoms with Gasteiger partial charge in [-0.25, -0.2) is 9.18 Å². The van der Waals surface area contributed by atoms with Gasteiger partial charge in [-0.15, -0.1) is 0 Å². The molecule has 0 saturated heterocycles. The van der Waals surface area contributed by atoms with E-state index < -0.39 is 12.1 Å². The van der Waals surface area contributed by atoms with Gasteiger partial charge in [-0.05, 0) is 37.1 Å². The molecule has 0 aliphatic heterocycles. The average molecular weight is 294 g/mol. The molecule has 0 amide bonds. The third-order valence-corrected chi connectivity index (χ3v) is 3.14. The quantitative estimate of drug-likeness (QED) is 0.451. The summed E-state index contributed by atoms with van der Waals surface area (Å²) in [5.74, 6) is -0.862. The maximum absolute atomic E-state index is 12.9. The Morgan fingerprint density at radius 2 is 1.95 bits per heavy atom. The fourth-order valence-electron chi connectivity index (χ4n) is 1.99. The average Bonchev–Trinajstić information content (AvgIpc) is 2.47. The summed E-state index contributed by atoms with van der Waals surface area (Å²) in [6, 6.07) is 5.76.